The molecule has 94 valence electrons. The number of carbonyl (C=O) groups excluding carboxylic acids is 1. The van der Waals surface area contributed by atoms with Crippen LogP contribution in [0.3, 0.4) is 0 Å². The van der Waals surface area contributed by atoms with Crippen molar-refractivity contribution in [2.24, 2.45) is 5.73 Å². The van der Waals surface area contributed by atoms with Crippen molar-refractivity contribution >= 4 is 5.91 Å². The van der Waals surface area contributed by atoms with Crippen LogP contribution >= 0.6 is 0 Å². The number of rotatable bonds is 6. The zero-order chi connectivity index (χ0) is 12.9. The van der Waals surface area contributed by atoms with Crippen molar-refractivity contribution in [3.63, 3.8) is 0 Å². The van der Waals surface area contributed by atoms with Crippen LogP contribution in [0, 0.1) is 0 Å². The summed E-state index contributed by atoms with van der Waals surface area (Å²) in [5.41, 5.74) is 5.02. The highest BCUT2D eigenvalue weighted by atomic mass is 16.5. The van der Waals surface area contributed by atoms with Gasteiger partial charge in [0, 0.05) is 13.7 Å². The fourth-order valence-corrected chi connectivity index (χ4v) is 1.55. The van der Waals surface area contributed by atoms with Gasteiger partial charge in [0.25, 0.3) is 0 Å². The average molecular weight is 238 g/mol. The normalized spacial score (nSPS) is 14.2. The number of methoxy groups -OCH3 is 1. The van der Waals surface area contributed by atoms with Gasteiger partial charge in [0.15, 0.2) is 0 Å². The highest BCUT2D eigenvalue weighted by molar-refractivity contribution is 5.85. The van der Waals surface area contributed by atoms with E-state index in [1.54, 1.807) is 32.2 Å². The second-order valence-electron chi connectivity index (χ2n) is 3.96. The summed E-state index contributed by atoms with van der Waals surface area (Å²) in [6, 6.07) is 6.47. The molecule has 0 saturated carbocycles. The van der Waals surface area contributed by atoms with E-state index in [4.69, 9.17) is 10.5 Å². The molecule has 5 nitrogen and oxygen atoms in total. The average Bonchev–Trinajstić information content (AvgIpc) is 2.29. The Labute approximate surface area is 101 Å². The first-order chi connectivity index (χ1) is 8.00. The van der Waals surface area contributed by atoms with Crippen LogP contribution in [0.1, 0.15) is 12.5 Å². The third-order valence-electron chi connectivity index (χ3n) is 2.70. The summed E-state index contributed by atoms with van der Waals surface area (Å²) in [7, 11) is 1.58. The van der Waals surface area contributed by atoms with E-state index in [0.29, 0.717) is 18.7 Å². The maximum absolute atomic E-state index is 11.6. The van der Waals surface area contributed by atoms with E-state index in [9.17, 15) is 9.90 Å². The minimum absolute atomic E-state index is 0.100. The molecule has 1 unspecified atom stereocenters. The highest BCUT2D eigenvalue weighted by Gasteiger charge is 2.32. The van der Waals surface area contributed by atoms with E-state index in [1.165, 1.54) is 6.07 Å². The molecule has 1 rings (SSSR count). The molecule has 1 aromatic rings. The van der Waals surface area contributed by atoms with E-state index in [2.05, 4.69) is 5.32 Å². The Kier molecular flexibility index (Phi) is 4.48. The second-order valence-corrected chi connectivity index (χ2v) is 3.96. The first-order valence-corrected chi connectivity index (χ1v) is 5.34. The molecule has 0 bridgehead atoms. The van der Waals surface area contributed by atoms with Crippen LogP contribution in [0.2, 0.25) is 0 Å². The van der Waals surface area contributed by atoms with Gasteiger partial charge >= 0.3 is 0 Å². The molecule has 4 N–H and O–H groups in total. The summed E-state index contributed by atoms with van der Waals surface area (Å²) < 4.78 is 4.91. The Bertz CT molecular complexity index is 395. The number of hydrogen-bond donors (Lipinski definition) is 3. The summed E-state index contributed by atoms with van der Waals surface area (Å²) in [6.07, 6.45) is 0. The Morgan fingerprint density at radius 3 is 2.82 bits per heavy atom. The van der Waals surface area contributed by atoms with Crippen molar-refractivity contribution in [3.8, 4) is 5.75 Å². The fraction of sp³-hybridized carbons (Fsp3) is 0.417. The Balaban J connectivity index is 2.95. The van der Waals surface area contributed by atoms with Gasteiger partial charge in [-0.1, -0.05) is 12.1 Å². The van der Waals surface area contributed by atoms with E-state index in [-0.39, 0.29) is 5.75 Å². The maximum atomic E-state index is 11.6. The van der Waals surface area contributed by atoms with Crippen molar-refractivity contribution < 1.29 is 14.6 Å². The summed E-state index contributed by atoms with van der Waals surface area (Å²) in [5.74, 6) is -0.400. The van der Waals surface area contributed by atoms with Crippen molar-refractivity contribution in [2.45, 2.75) is 12.5 Å². The smallest absolute Gasteiger partial charge is 0.242 e. The molecule has 0 heterocycles. The largest absolute Gasteiger partial charge is 0.508 e. The standard InChI is InChI=1S/C12H18N2O3/c1-12(11(13)16,14-6-7-17-2)9-4-3-5-10(15)8-9/h3-5,8,14-15H,6-7H2,1-2H3,(H2,13,16). The Hall–Kier alpha value is -1.59. The number of ether oxygens (including phenoxy) is 1. The van der Waals surface area contributed by atoms with Crippen LogP contribution in [-0.4, -0.2) is 31.3 Å². The quantitative estimate of drug-likeness (QED) is 0.623. The van der Waals surface area contributed by atoms with E-state index in [1.807, 2.05) is 0 Å². The van der Waals surface area contributed by atoms with Gasteiger partial charge in [-0.2, -0.15) is 0 Å². The first kappa shape index (κ1) is 13.5. The lowest BCUT2D eigenvalue weighted by Gasteiger charge is -2.28. The number of benzene rings is 1. The van der Waals surface area contributed by atoms with Gasteiger partial charge in [0.05, 0.1) is 6.61 Å². The van der Waals surface area contributed by atoms with Crippen LogP contribution in [0.25, 0.3) is 0 Å². The maximum Gasteiger partial charge on any atom is 0.242 e. The van der Waals surface area contributed by atoms with Gasteiger partial charge < -0.3 is 15.6 Å². The minimum atomic E-state index is -1.02. The molecule has 0 aromatic heterocycles. The minimum Gasteiger partial charge on any atom is -0.508 e. The fourth-order valence-electron chi connectivity index (χ4n) is 1.55. The number of nitrogens with two attached hydrogens (primary N) is 1. The molecule has 0 aliphatic rings. The second kappa shape index (κ2) is 5.65. The molecule has 17 heavy (non-hydrogen) atoms. The number of hydrogen-bond acceptors (Lipinski definition) is 4. The van der Waals surface area contributed by atoms with Crippen LogP contribution < -0.4 is 11.1 Å². The number of carbonyl (C=O) groups is 1. The summed E-state index contributed by atoms with van der Waals surface area (Å²) in [5, 5.41) is 12.5. The highest BCUT2D eigenvalue weighted by Crippen LogP contribution is 2.23. The van der Waals surface area contributed by atoms with Gasteiger partial charge in [-0.3, -0.25) is 10.1 Å². The first-order valence-electron chi connectivity index (χ1n) is 5.34. The van der Waals surface area contributed by atoms with Gasteiger partial charge in [-0.05, 0) is 24.6 Å². The molecule has 0 fully saturated rings. The number of phenolic OH excluding ortho intramolecular Hbond substituents is 1. The van der Waals surface area contributed by atoms with Crippen molar-refractivity contribution in [1.82, 2.24) is 5.32 Å². The van der Waals surface area contributed by atoms with Crippen molar-refractivity contribution in [1.29, 1.82) is 0 Å². The lowest BCUT2D eigenvalue weighted by molar-refractivity contribution is -0.124. The Morgan fingerprint density at radius 1 is 1.59 bits per heavy atom. The number of aromatic hydroxyl groups is 1. The van der Waals surface area contributed by atoms with Crippen molar-refractivity contribution in [3.05, 3.63) is 29.8 Å². The van der Waals surface area contributed by atoms with Crippen LogP contribution in [0.4, 0.5) is 0 Å². The topological polar surface area (TPSA) is 84.6 Å². The summed E-state index contributed by atoms with van der Waals surface area (Å²) in [6.45, 7) is 2.65. The molecule has 0 saturated heterocycles. The molecule has 0 spiro atoms. The number of primary amides is 1. The monoisotopic (exact) mass is 238 g/mol. The number of amides is 1. The predicted octanol–water partition coefficient (Wildman–Crippen LogP) is 0.329. The van der Waals surface area contributed by atoms with Gasteiger partial charge in [0.2, 0.25) is 5.91 Å². The molecular weight excluding hydrogens is 220 g/mol. The molecule has 0 aliphatic carbocycles. The zero-order valence-corrected chi connectivity index (χ0v) is 10.1. The van der Waals surface area contributed by atoms with Crippen LogP contribution in [-0.2, 0) is 15.1 Å². The van der Waals surface area contributed by atoms with Crippen LogP contribution in [0.15, 0.2) is 24.3 Å². The number of phenols is 1. The van der Waals surface area contributed by atoms with E-state index in [0.717, 1.165) is 0 Å². The van der Waals surface area contributed by atoms with Gasteiger partial charge in [-0.25, -0.2) is 0 Å². The molecule has 1 amide bonds. The third-order valence-corrected chi connectivity index (χ3v) is 2.70. The molecular formula is C12H18N2O3. The van der Waals surface area contributed by atoms with Gasteiger partial charge in [0.1, 0.15) is 11.3 Å². The number of nitrogens with one attached hydrogen (secondary N) is 1. The molecule has 0 aliphatic heterocycles. The predicted molar refractivity (Wildman–Crippen MR) is 64.5 cm³/mol. The summed E-state index contributed by atoms with van der Waals surface area (Å²) in [4.78, 5) is 11.6. The third kappa shape index (κ3) is 3.18. The van der Waals surface area contributed by atoms with Gasteiger partial charge in [-0.15, -0.1) is 0 Å². The lowest BCUT2D eigenvalue weighted by Crippen LogP contribution is -2.51. The lowest BCUT2D eigenvalue weighted by atomic mass is 9.91. The zero-order valence-electron chi connectivity index (χ0n) is 10.1. The molecule has 0 radical (unpaired) electrons. The molecule has 1 aromatic carbocycles. The van der Waals surface area contributed by atoms with E-state index >= 15 is 0 Å². The van der Waals surface area contributed by atoms with E-state index < -0.39 is 11.4 Å². The molecule has 5 heteroatoms. The molecule has 1 atom stereocenters. The van der Waals surface area contributed by atoms with Crippen molar-refractivity contribution in [2.75, 3.05) is 20.3 Å². The summed E-state index contributed by atoms with van der Waals surface area (Å²) >= 11 is 0. The van der Waals surface area contributed by atoms with Crippen LogP contribution in [0.5, 0.6) is 5.75 Å². The Morgan fingerprint density at radius 2 is 2.29 bits per heavy atom. The SMILES string of the molecule is COCCNC(C)(C(N)=O)c1cccc(O)c1.